The van der Waals surface area contributed by atoms with Crippen molar-refractivity contribution < 1.29 is 19.4 Å². The first-order valence-corrected chi connectivity index (χ1v) is 11.6. The topological polar surface area (TPSA) is 63.6 Å². The normalized spacial score (nSPS) is 11.9. The molecule has 4 heteroatoms. The van der Waals surface area contributed by atoms with Crippen LogP contribution in [-0.2, 0) is 9.53 Å². The van der Waals surface area contributed by atoms with E-state index in [1.54, 1.807) is 24.3 Å². The molecule has 1 unspecified atom stereocenters. The van der Waals surface area contributed by atoms with Gasteiger partial charge >= 0.3 is 11.9 Å². The average Bonchev–Trinajstić information content (AvgIpc) is 2.73. The van der Waals surface area contributed by atoms with Gasteiger partial charge in [-0.3, -0.25) is 4.79 Å². The zero-order valence-corrected chi connectivity index (χ0v) is 18.2. The molecule has 29 heavy (non-hydrogen) atoms. The van der Waals surface area contributed by atoms with Crippen molar-refractivity contribution in [2.75, 3.05) is 0 Å². The van der Waals surface area contributed by atoms with Crippen LogP contribution in [0.15, 0.2) is 30.3 Å². The molecule has 164 valence electrons. The molecule has 0 heterocycles. The van der Waals surface area contributed by atoms with E-state index in [-0.39, 0.29) is 6.10 Å². The molecule has 1 aromatic carbocycles. The second-order valence-electron chi connectivity index (χ2n) is 8.00. The summed E-state index contributed by atoms with van der Waals surface area (Å²) in [5.41, 5.74) is 0.407. The van der Waals surface area contributed by atoms with Gasteiger partial charge in [-0.15, -0.1) is 0 Å². The molecule has 0 radical (unpaired) electrons. The van der Waals surface area contributed by atoms with Crippen molar-refractivity contribution in [3.63, 3.8) is 0 Å². The lowest BCUT2D eigenvalue weighted by atomic mass is 10.0. The number of aliphatic hydroxyl groups excluding tert-OH is 1. The lowest BCUT2D eigenvalue weighted by Crippen LogP contribution is -2.12. The summed E-state index contributed by atoms with van der Waals surface area (Å²) in [6.07, 6.45) is 15.8. The predicted molar refractivity (Wildman–Crippen MR) is 118 cm³/mol. The zero-order chi connectivity index (χ0) is 21.2. The van der Waals surface area contributed by atoms with Gasteiger partial charge in [0.25, 0.3) is 0 Å². The van der Waals surface area contributed by atoms with Gasteiger partial charge in [-0.25, -0.2) is 4.79 Å². The Hall–Kier alpha value is -1.68. The summed E-state index contributed by atoms with van der Waals surface area (Å²) in [6.45, 7) is 2.21. The number of esters is 2. The highest BCUT2D eigenvalue weighted by Gasteiger charge is 2.11. The zero-order valence-electron chi connectivity index (χ0n) is 18.2. The molecule has 1 aromatic rings. The van der Waals surface area contributed by atoms with Crippen LogP contribution in [0, 0.1) is 0 Å². The number of hydrogen-bond donors (Lipinski definition) is 1. The summed E-state index contributed by atoms with van der Waals surface area (Å²) in [4.78, 5) is 23.5. The fourth-order valence-corrected chi connectivity index (χ4v) is 3.45. The standard InChI is InChI=1S/C25H40O4/c1-2-3-4-14-19-23(26)20-15-9-7-5-6-8-10-16-21-24(27)29-25(28)22-17-12-11-13-18-22/h11-13,17-18,23,26H,2-10,14-16,19-21H2,1H3. The predicted octanol–water partition coefficient (Wildman–Crippen LogP) is 6.60. The van der Waals surface area contributed by atoms with Gasteiger partial charge in [-0.1, -0.05) is 95.8 Å². The Labute approximate surface area is 177 Å². The third kappa shape index (κ3) is 14.0. The van der Waals surface area contributed by atoms with Crippen LogP contribution in [0.25, 0.3) is 0 Å². The maximum atomic E-state index is 11.8. The number of benzene rings is 1. The molecule has 1 atom stereocenters. The van der Waals surface area contributed by atoms with E-state index < -0.39 is 11.9 Å². The Morgan fingerprint density at radius 1 is 0.793 bits per heavy atom. The molecule has 0 aliphatic rings. The fourth-order valence-electron chi connectivity index (χ4n) is 3.45. The van der Waals surface area contributed by atoms with Crippen LogP contribution < -0.4 is 0 Å². The molecular formula is C25H40O4. The Balaban J connectivity index is 1.88. The van der Waals surface area contributed by atoms with Gasteiger partial charge in [0.2, 0.25) is 0 Å². The van der Waals surface area contributed by atoms with Crippen LogP contribution in [0.1, 0.15) is 114 Å². The molecule has 0 saturated heterocycles. The largest absolute Gasteiger partial charge is 0.393 e. The molecule has 0 fully saturated rings. The fraction of sp³-hybridized carbons (Fsp3) is 0.680. The van der Waals surface area contributed by atoms with E-state index in [0.29, 0.717) is 12.0 Å². The minimum Gasteiger partial charge on any atom is -0.393 e. The van der Waals surface area contributed by atoms with Gasteiger partial charge in [-0.2, -0.15) is 0 Å². The molecular weight excluding hydrogens is 364 g/mol. The van der Waals surface area contributed by atoms with Crippen molar-refractivity contribution in [3.05, 3.63) is 35.9 Å². The van der Waals surface area contributed by atoms with E-state index in [4.69, 9.17) is 4.74 Å². The van der Waals surface area contributed by atoms with Crippen LogP contribution in [0.5, 0.6) is 0 Å². The molecule has 0 aromatic heterocycles. The summed E-state index contributed by atoms with van der Waals surface area (Å²) in [7, 11) is 0. The summed E-state index contributed by atoms with van der Waals surface area (Å²) in [6, 6.07) is 8.60. The molecule has 1 N–H and O–H groups in total. The van der Waals surface area contributed by atoms with E-state index in [0.717, 1.165) is 44.9 Å². The molecule has 0 aliphatic carbocycles. The number of carbonyl (C=O) groups excluding carboxylic acids is 2. The third-order valence-electron chi connectivity index (χ3n) is 5.28. The maximum Gasteiger partial charge on any atom is 0.345 e. The van der Waals surface area contributed by atoms with Gasteiger partial charge < -0.3 is 9.84 Å². The summed E-state index contributed by atoms with van der Waals surface area (Å²) in [5, 5.41) is 9.95. The van der Waals surface area contributed by atoms with Gasteiger partial charge in [-0.05, 0) is 31.4 Å². The Morgan fingerprint density at radius 2 is 1.31 bits per heavy atom. The Morgan fingerprint density at radius 3 is 1.90 bits per heavy atom. The van der Waals surface area contributed by atoms with Crippen molar-refractivity contribution in [3.8, 4) is 0 Å². The van der Waals surface area contributed by atoms with Crippen LogP contribution >= 0.6 is 0 Å². The molecule has 0 amide bonds. The van der Waals surface area contributed by atoms with Crippen LogP contribution in [0.2, 0.25) is 0 Å². The van der Waals surface area contributed by atoms with Gasteiger partial charge in [0, 0.05) is 6.42 Å². The SMILES string of the molecule is CCCCCCC(O)CCCCCCCCCCC(=O)OC(=O)c1ccccc1. The molecule has 0 bridgehead atoms. The first-order chi connectivity index (χ1) is 14.1. The van der Waals surface area contributed by atoms with Crippen molar-refractivity contribution in [2.24, 2.45) is 0 Å². The van der Waals surface area contributed by atoms with Gasteiger partial charge in [0.1, 0.15) is 0 Å². The smallest absolute Gasteiger partial charge is 0.345 e. The lowest BCUT2D eigenvalue weighted by molar-refractivity contribution is -0.138. The maximum absolute atomic E-state index is 11.8. The van der Waals surface area contributed by atoms with E-state index in [1.165, 1.54) is 44.9 Å². The van der Waals surface area contributed by atoms with Crippen molar-refractivity contribution in [2.45, 2.75) is 109 Å². The van der Waals surface area contributed by atoms with Crippen molar-refractivity contribution >= 4 is 11.9 Å². The minimum atomic E-state index is -0.568. The van der Waals surface area contributed by atoms with Gasteiger partial charge in [0.05, 0.1) is 11.7 Å². The van der Waals surface area contributed by atoms with E-state index in [1.807, 2.05) is 6.07 Å². The van der Waals surface area contributed by atoms with E-state index in [2.05, 4.69) is 6.92 Å². The molecule has 0 saturated carbocycles. The number of unbranched alkanes of at least 4 members (excludes halogenated alkanes) is 10. The molecule has 4 nitrogen and oxygen atoms in total. The monoisotopic (exact) mass is 404 g/mol. The molecule has 0 spiro atoms. The quantitative estimate of drug-likeness (QED) is 0.180. The number of aliphatic hydroxyl groups is 1. The lowest BCUT2D eigenvalue weighted by Gasteiger charge is -2.10. The van der Waals surface area contributed by atoms with Gasteiger partial charge in [0.15, 0.2) is 0 Å². The summed E-state index contributed by atoms with van der Waals surface area (Å²) >= 11 is 0. The van der Waals surface area contributed by atoms with Crippen LogP contribution in [-0.4, -0.2) is 23.1 Å². The first-order valence-electron chi connectivity index (χ1n) is 11.6. The first kappa shape index (κ1) is 25.4. The number of rotatable bonds is 17. The van der Waals surface area contributed by atoms with Crippen molar-refractivity contribution in [1.29, 1.82) is 0 Å². The highest BCUT2D eigenvalue weighted by atomic mass is 16.6. The number of hydrogen-bond acceptors (Lipinski definition) is 4. The summed E-state index contributed by atoms with van der Waals surface area (Å²) in [5.74, 6) is -1.01. The second-order valence-corrected chi connectivity index (χ2v) is 8.00. The third-order valence-corrected chi connectivity index (χ3v) is 5.28. The van der Waals surface area contributed by atoms with Crippen LogP contribution in [0.4, 0.5) is 0 Å². The second kappa shape index (κ2) is 17.2. The van der Waals surface area contributed by atoms with E-state index in [9.17, 15) is 14.7 Å². The Kier molecular flexibility index (Phi) is 15.0. The van der Waals surface area contributed by atoms with Crippen LogP contribution in [0.3, 0.4) is 0 Å². The Bertz CT molecular complexity index is 541. The molecule has 0 aliphatic heterocycles. The number of carbonyl (C=O) groups is 2. The summed E-state index contributed by atoms with van der Waals surface area (Å²) < 4.78 is 4.87. The minimum absolute atomic E-state index is 0.111. The van der Waals surface area contributed by atoms with Crippen molar-refractivity contribution in [1.82, 2.24) is 0 Å². The highest BCUT2D eigenvalue weighted by Crippen LogP contribution is 2.14. The van der Waals surface area contributed by atoms with E-state index >= 15 is 0 Å². The highest BCUT2D eigenvalue weighted by molar-refractivity contribution is 5.96. The molecule has 1 rings (SSSR count). The average molecular weight is 405 g/mol. The number of ether oxygens (including phenoxy) is 1.